The van der Waals surface area contributed by atoms with Crippen LogP contribution in [0.4, 0.5) is 5.69 Å². The first-order valence-corrected chi connectivity index (χ1v) is 12.8. The monoisotopic (exact) mass is 506 g/mol. The normalized spacial score (nSPS) is 15.0. The smallest absolute Gasteiger partial charge is 0.193 e. The van der Waals surface area contributed by atoms with E-state index in [4.69, 9.17) is 0 Å². The molecule has 6 heteroatoms. The van der Waals surface area contributed by atoms with Gasteiger partial charge in [-0.1, -0.05) is 48.5 Å². The number of aliphatic hydroxyl groups excluding tert-OH is 1. The van der Waals surface area contributed by atoms with Crippen LogP contribution in [-0.2, 0) is 19.9 Å². The minimum atomic E-state index is -0.291. The van der Waals surface area contributed by atoms with E-state index in [-0.39, 0.29) is 36.3 Å². The van der Waals surface area contributed by atoms with E-state index in [2.05, 4.69) is 4.90 Å². The Balaban J connectivity index is 1.18. The lowest BCUT2D eigenvalue weighted by molar-refractivity contribution is 0.0980. The van der Waals surface area contributed by atoms with E-state index in [1.54, 1.807) is 34.9 Å². The first kappa shape index (κ1) is 25.4. The Kier molecular flexibility index (Phi) is 7.33. The minimum absolute atomic E-state index is 0.0116. The number of β-amino-alcohol motifs (C(OH)–C–C–N with tert-alkyl or cyclic N) is 1. The predicted octanol–water partition coefficient (Wildman–Crippen LogP) is 4.68. The molecule has 0 unspecified atom stereocenters. The van der Waals surface area contributed by atoms with Crippen LogP contribution in [0.15, 0.2) is 91.1 Å². The first-order valence-electron chi connectivity index (χ1n) is 12.8. The molecule has 192 valence electrons. The molecule has 0 spiro atoms. The third-order valence-electron chi connectivity index (χ3n) is 7.11. The van der Waals surface area contributed by atoms with Gasteiger partial charge in [0.15, 0.2) is 17.3 Å². The van der Waals surface area contributed by atoms with Crippen molar-refractivity contribution in [1.29, 1.82) is 0 Å². The van der Waals surface area contributed by atoms with Crippen LogP contribution in [0.3, 0.4) is 0 Å². The number of carbonyl (C=O) groups is 3. The molecule has 0 aliphatic carbocycles. The fourth-order valence-electron chi connectivity index (χ4n) is 4.86. The number of aromatic nitrogens is 1. The molecule has 1 saturated heterocycles. The summed E-state index contributed by atoms with van der Waals surface area (Å²) < 4.78 is 1.80. The highest BCUT2D eigenvalue weighted by Crippen LogP contribution is 2.22. The number of hydrogen-bond donors (Lipinski definition) is 1. The maximum absolute atomic E-state index is 13.0. The van der Waals surface area contributed by atoms with Crippen molar-refractivity contribution in [3.63, 3.8) is 0 Å². The van der Waals surface area contributed by atoms with Gasteiger partial charge in [0.1, 0.15) is 0 Å². The van der Waals surface area contributed by atoms with Crippen molar-refractivity contribution in [2.24, 2.45) is 7.05 Å². The molecule has 0 amide bonds. The summed E-state index contributed by atoms with van der Waals surface area (Å²) in [5.41, 5.74) is 5.10. The lowest BCUT2D eigenvalue weighted by Gasteiger charge is -2.17. The Labute approximate surface area is 222 Å². The third kappa shape index (κ3) is 5.66. The number of hydrogen-bond acceptors (Lipinski definition) is 5. The zero-order chi connectivity index (χ0) is 26.6. The molecule has 6 nitrogen and oxygen atoms in total. The van der Waals surface area contributed by atoms with Crippen LogP contribution in [-0.4, -0.2) is 46.2 Å². The number of benzene rings is 3. The molecule has 2 heterocycles. The van der Waals surface area contributed by atoms with E-state index < -0.39 is 0 Å². The SMILES string of the molecule is Cn1cccc1C(=O)Cc1ccc(C(=O)c2ccc(CC(=O)c3ccc(N4CC[C@@H](O)C4)cc3)cc2)cc1. The highest BCUT2D eigenvalue weighted by atomic mass is 16.3. The number of carbonyl (C=O) groups excluding carboxylic acids is 3. The van der Waals surface area contributed by atoms with E-state index in [1.807, 2.05) is 67.8 Å². The lowest BCUT2D eigenvalue weighted by Crippen LogP contribution is -2.21. The number of anilines is 1. The standard InChI is InChI=1S/C32H30N2O4/c1-33-17-2-3-29(33)31(37)20-23-6-10-26(11-7-23)32(38)25-8-4-22(5-9-25)19-30(36)24-12-14-27(15-13-24)34-18-16-28(35)21-34/h2-15,17,28,35H,16,18-21H2,1H3/t28-/m1/s1. The van der Waals surface area contributed by atoms with Gasteiger partial charge in [-0.2, -0.15) is 0 Å². The summed E-state index contributed by atoms with van der Waals surface area (Å²) in [6.45, 7) is 1.44. The number of ketones is 3. The van der Waals surface area contributed by atoms with Crippen LogP contribution in [0.1, 0.15) is 54.3 Å². The van der Waals surface area contributed by atoms with E-state index in [1.165, 1.54) is 0 Å². The predicted molar refractivity (Wildman–Crippen MR) is 147 cm³/mol. The summed E-state index contributed by atoms with van der Waals surface area (Å²) in [6.07, 6.45) is 2.84. The maximum atomic E-state index is 13.0. The molecule has 0 radical (unpaired) electrons. The average Bonchev–Trinajstić information content (AvgIpc) is 3.57. The van der Waals surface area contributed by atoms with Gasteiger partial charge in [0.05, 0.1) is 11.8 Å². The van der Waals surface area contributed by atoms with Crippen molar-refractivity contribution in [3.8, 4) is 0 Å². The Morgan fingerprint density at radius 3 is 1.82 bits per heavy atom. The summed E-state index contributed by atoms with van der Waals surface area (Å²) in [5, 5.41) is 9.73. The van der Waals surface area contributed by atoms with Crippen LogP contribution in [0.5, 0.6) is 0 Å². The topological polar surface area (TPSA) is 79.6 Å². The van der Waals surface area contributed by atoms with Crippen molar-refractivity contribution in [1.82, 2.24) is 4.57 Å². The van der Waals surface area contributed by atoms with Crippen molar-refractivity contribution in [3.05, 3.63) is 125 Å². The highest BCUT2D eigenvalue weighted by molar-refractivity contribution is 6.09. The summed E-state index contributed by atoms with van der Waals surface area (Å²) >= 11 is 0. The molecule has 1 N–H and O–H groups in total. The van der Waals surface area contributed by atoms with Gasteiger partial charge in [-0.3, -0.25) is 14.4 Å². The second-order valence-electron chi connectivity index (χ2n) is 9.86. The first-order chi connectivity index (χ1) is 18.4. The van der Waals surface area contributed by atoms with Crippen molar-refractivity contribution in [2.75, 3.05) is 18.0 Å². The Morgan fingerprint density at radius 1 is 0.763 bits per heavy atom. The molecule has 3 aromatic carbocycles. The molecule has 5 rings (SSSR count). The van der Waals surface area contributed by atoms with Gasteiger partial charge in [0.2, 0.25) is 0 Å². The van der Waals surface area contributed by atoms with Crippen LogP contribution in [0.2, 0.25) is 0 Å². The molecule has 0 saturated carbocycles. The van der Waals surface area contributed by atoms with Crippen LogP contribution in [0, 0.1) is 0 Å². The average molecular weight is 507 g/mol. The summed E-state index contributed by atoms with van der Waals surface area (Å²) in [7, 11) is 1.84. The Bertz CT molecular complexity index is 1450. The second-order valence-corrected chi connectivity index (χ2v) is 9.86. The van der Waals surface area contributed by atoms with Gasteiger partial charge >= 0.3 is 0 Å². The molecular weight excluding hydrogens is 476 g/mol. The van der Waals surface area contributed by atoms with Crippen LogP contribution < -0.4 is 4.90 Å². The quantitative estimate of drug-likeness (QED) is 0.334. The molecule has 1 aliphatic rings. The van der Waals surface area contributed by atoms with E-state index in [9.17, 15) is 19.5 Å². The molecule has 4 aromatic rings. The molecule has 1 atom stereocenters. The fraction of sp³-hybridized carbons (Fsp3) is 0.219. The van der Waals surface area contributed by atoms with Crippen molar-refractivity contribution < 1.29 is 19.5 Å². The van der Waals surface area contributed by atoms with Crippen molar-refractivity contribution in [2.45, 2.75) is 25.4 Å². The summed E-state index contributed by atoms with van der Waals surface area (Å²) in [4.78, 5) is 40.4. The van der Waals surface area contributed by atoms with Gasteiger partial charge in [0, 0.05) is 61.6 Å². The maximum Gasteiger partial charge on any atom is 0.193 e. The van der Waals surface area contributed by atoms with E-state index in [0.29, 0.717) is 28.9 Å². The largest absolute Gasteiger partial charge is 0.391 e. The molecule has 1 aliphatic heterocycles. The van der Waals surface area contributed by atoms with E-state index in [0.717, 1.165) is 29.8 Å². The highest BCUT2D eigenvalue weighted by Gasteiger charge is 2.20. The number of rotatable bonds is 9. The fourth-order valence-corrected chi connectivity index (χ4v) is 4.86. The number of aryl methyl sites for hydroxylation is 1. The number of aliphatic hydroxyl groups is 1. The zero-order valence-electron chi connectivity index (χ0n) is 21.3. The second kappa shape index (κ2) is 11.0. The van der Waals surface area contributed by atoms with Gasteiger partial charge in [-0.25, -0.2) is 0 Å². The Morgan fingerprint density at radius 2 is 1.32 bits per heavy atom. The molecule has 1 aromatic heterocycles. The molecule has 1 fully saturated rings. The van der Waals surface area contributed by atoms with Crippen molar-refractivity contribution >= 4 is 23.0 Å². The molecule has 0 bridgehead atoms. The summed E-state index contributed by atoms with van der Waals surface area (Å²) in [6, 6.07) is 25.4. The molecule has 38 heavy (non-hydrogen) atoms. The number of Topliss-reactive ketones (excluding diaryl/α,β-unsaturated/α-hetero) is 2. The minimum Gasteiger partial charge on any atom is -0.391 e. The summed E-state index contributed by atoms with van der Waals surface area (Å²) in [5.74, 6) is -0.0625. The molecular formula is C32H30N2O4. The van der Waals surface area contributed by atoms with Gasteiger partial charge in [-0.05, 0) is 53.9 Å². The Hall–Kier alpha value is -4.29. The van der Waals surface area contributed by atoms with Crippen LogP contribution in [0.25, 0.3) is 0 Å². The third-order valence-corrected chi connectivity index (χ3v) is 7.11. The van der Waals surface area contributed by atoms with Gasteiger partial charge in [0.25, 0.3) is 0 Å². The number of nitrogens with zero attached hydrogens (tertiary/aromatic N) is 2. The van der Waals surface area contributed by atoms with E-state index >= 15 is 0 Å². The lowest BCUT2D eigenvalue weighted by atomic mass is 9.97. The zero-order valence-corrected chi connectivity index (χ0v) is 21.3. The van der Waals surface area contributed by atoms with Gasteiger partial charge < -0.3 is 14.6 Å². The van der Waals surface area contributed by atoms with Crippen LogP contribution >= 0.6 is 0 Å². The van der Waals surface area contributed by atoms with Gasteiger partial charge in [-0.15, -0.1) is 0 Å².